The van der Waals surface area contributed by atoms with Gasteiger partial charge in [0.25, 0.3) is 5.91 Å². The summed E-state index contributed by atoms with van der Waals surface area (Å²) in [7, 11) is 0. The minimum atomic E-state index is -0.00310. The van der Waals surface area contributed by atoms with E-state index in [1.165, 1.54) is 0 Å². The van der Waals surface area contributed by atoms with E-state index in [4.69, 9.17) is 0 Å². The van der Waals surface area contributed by atoms with Gasteiger partial charge < -0.3 is 14.9 Å². The van der Waals surface area contributed by atoms with Crippen LogP contribution in [0, 0.1) is 6.92 Å². The molecular formula is C15H14N4O. The molecule has 1 amide bonds. The van der Waals surface area contributed by atoms with Gasteiger partial charge in [0.15, 0.2) is 0 Å². The lowest BCUT2D eigenvalue weighted by Crippen LogP contribution is -2.34. The molecule has 0 aromatic carbocycles. The molecule has 4 rings (SSSR count). The number of fused-ring (bicyclic) bond motifs is 2. The van der Waals surface area contributed by atoms with Crippen molar-refractivity contribution in [3.8, 4) is 11.1 Å². The Morgan fingerprint density at radius 2 is 2.25 bits per heavy atom. The Balaban J connectivity index is 1.91. The summed E-state index contributed by atoms with van der Waals surface area (Å²) in [5, 5.41) is 3.95. The Morgan fingerprint density at radius 3 is 3.10 bits per heavy atom. The fourth-order valence-electron chi connectivity index (χ4n) is 2.76. The minimum absolute atomic E-state index is 0.00310. The van der Waals surface area contributed by atoms with Gasteiger partial charge in [0.1, 0.15) is 11.3 Å². The van der Waals surface area contributed by atoms with Gasteiger partial charge in [-0.2, -0.15) is 0 Å². The minimum Gasteiger partial charge on any atom is -0.349 e. The summed E-state index contributed by atoms with van der Waals surface area (Å²) in [4.78, 5) is 19.4. The Morgan fingerprint density at radius 1 is 1.35 bits per heavy atom. The molecule has 0 saturated heterocycles. The highest BCUT2D eigenvalue weighted by molar-refractivity contribution is 5.98. The zero-order valence-electron chi connectivity index (χ0n) is 11.1. The van der Waals surface area contributed by atoms with Crippen LogP contribution in [0.1, 0.15) is 16.1 Å². The van der Waals surface area contributed by atoms with Gasteiger partial charge >= 0.3 is 0 Å². The van der Waals surface area contributed by atoms with Crippen LogP contribution in [0.3, 0.4) is 0 Å². The van der Waals surface area contributed by atoms with Gasteiger partial charge in [-0.15, -0.1) is 0 Å². The van der Waals surface area contributed by atoms with Crippen molar-refractivity contribution in [3.05, 3.63) is 42.0 Å². The molecule has 0 radical (unpaired) electrons. The van der Waals surface area contributed by atoms with Crippen LogP contribution < -0.4 is 5.32 Å². The second kappa shape index (κ2) is 3.96. The summed E-state index contributed by atoms with van der Waals surface area (Å²) >= 11 is 0. The van der Waals surface area contributed by atoms with Crippen LogP contribution in [0.4, 0.5) is 0 Å². The van der Waals surface area contributed by atoms with Gasteiger partial charge in [-0.05, 0) is 24.6 Å². The number of carbonyl (C=O) groups is 1. The van der Waals surface area contributed by atoms with Crippen molar-refractivity contribution in [2.24, 2.45) is 0 Å². The zero-order chi connectivity index (χ0) is 13.7. The van der Waals surface area contributed by atoms with Crippen LogP contribution in [0.25, 0.3) is 22.2 Å². The van der Waals surface area contributed by atoms with Crippen molar-refractivity contribution in [1.82, 2.24) is 19.9 Å². The van der Waals surface area contributed by atoms with Crippen LogP contribution in [-0.2, 0) is 6.54 Å². The van der Waals surface area contributed by atoms with Crippen molar-refractivity contribution in [2.75, 3.05) is 6.54 Å². The Kier molecular flexibility index (Phi) is 2.24. The lowest BCUT2D eigenvalue weighted by atomic mass is 10.1. The summed E-state index contributed by atoms with van der Waals surface area (Å²) in [5.74, 6) is -0.00310. The topological polar surface area (TPSA) is 62.7 Å². The first-order valence-corrected chi connectivity index (χ1v) is 6.65. The average molecular weight is 266 g/mol. The fraction of sp³-hybridized carbons (Fsp3) is 0.200. The fourth-order valence-corrected chi connectivity index (χ4v) is 2.76. The molecule has 3 aromatic rings. The molecule has 1 aliphatic rings. The lowest BCUT2D eigenvalue weighted by molar-refractivity contribution is 0.0928. The Hall–Kier alpha value is -2.56. The molecule has 20 heavy (non-hydrogen) atoms. The SMILES string of the molecule is Cc1cnc2[nH]cc(-c3cc4n(c3)CCNC4=O)c2c1. The number of hydrogen-bond acceptors (Lipinski definition) is 2. The van der Waals surface area contributed by atoms with E-state index in [0.717, 1.165) is 40.0 Å². The van der Waals surface area contributed by atoms with E-state index in [1.54, 1.807) is 0 Å². The van der Waals surface area contributed by atoms with E-state index >= 15 is 0 Å². The first-order valence-electron chi connectivity index (χ1n) is 6.65. The van der Waals surface area contributed by atoms with Crippen molar-refractivity contribution in [3.63, 3.8) is 0 Å². The van der Waals surface area contributed by atoms with Gasteiger partial charge in [0.05, 0.1) is 0 Å². The maximum atomic E-state index is 11.8. The molecule has 5 heteroatoms. The van der Waals surface area contributed by atoms with E-state index in [-0.39, 0.29) is 5.91 Å². The van der Waals surface area contributed by atoms with Gasteiger partial charge in [-0.25, -0.2) is 4.98 Å². The van der Waals surface area contributed by atoms with Gasteiger partial charge in [0.2, 0.25) is 0 Å². The second-order valence-corrected chi connectivity index (χ2v) is 5.17. The molecule has 0 saturated carbocycles. The zero-order valence-corrected chi connectivity index (χ0v) is 11.1. The number of pyridine rings is 1. The number of aromatic amines is 1. The number of rotatable bonds is 1. The van der Waals surface area contributed by atoms with Gasteiger partial charge in [-0.1, -0.05) is 0 Å². The van der Waals surface area contributed by atoms with Gasteiger partial charge in [0, 0.05) is 48.2 Å². The normalized spacial score (nSPS) is 14.3. The highest BCUT2D eigenvalue weighted by Crippen LogP contribution is 2.30. The standard InChI is InChI=1S/C15H14N4O/c1-9-4-11-12(7-18-14(11)17-6-9)10-5-13-15(20)16-2-3-19(13)8-10/h4-8H,2-3H2,1H3,(H,16,20)(H,17,18). The molecule has 0 atom stereocenters. The van der Waals surface area contributed by atoms with Crippen molar-refractivity contribution in [2.45, 2.75) is 13.5 Å². The third-order valence-corrected chi connectivity index (χ3v) is 3.75. The number of nitrogens with zero attached hydrogens (tertiary/aromatic N) is 2. The van der Waals surface area contributed by atoms with E-state index in [2.05, 4.69) is 21.4 Å². The first kappa shape index (κ1) is 11.3. The number of amides is 1. The number of nitrogens with one attached hydrogen (secondary N) is 2. The Labute approximate surface area is 115 Å². The number of H-pyrrole nitrogens is 1. The van der Waals surface area contributed by atoms with E-state index < -0.39 is 0 Å². The highest BCUT2D eigenvalue weighted by atomic mass is 16.2. The van der Waals surface area contributed by atoms with Crippen LogP contribution in [0.5, 0.6) is 0 Å². The summed E-state index contributed by atoms with van der Waals surface area (Å²) in [5.41, 5.74) is 4.86. The molecule has 5 nitrogen and oxygen atoms in total. The molecule has 0 unspecified atom stereocenters. The average Bonchev–Trinajstić information content (AvgIpc) is 3.02. The molecule has 0 bridgehead atoms. The lowest BCUT2D eigenvalue weighted by Gasteiger charge is -2.14. The van der Waals surface area contributed by atoms with Crippen molar-refractivity contribution in [1.29, 1.82) is 0 Å². The predicted molar refractivity (Wildman–Crippen MR) is 76.6 cm³/mol. The summed E-state index contributed by atoms with van der Waals surface area (Å²) in [6.45, 7) is 3.54. The predicted octanol–water partition coefficient (Wildman–Crippen LogP) is 2.08. The molecule has 0 spiro atoms. The number of aromatic nitrogens is 3. The van der Waals surface area contributed by atoms with Crippen LogP contribution in [0.15, 0.2) is 30.7 Å². The number of hydrogen-bond donors (Lipinski definition) is 2. The molecule has 2 N–H and O–H groups in total. The van der Waals surface area contributed by atoms with Crippen molar-refractivity contribution >= 4 is 16.9 Å². The smallest absolute Gasteiger partial charge is 0.267 e. The monoisotopic (exact) mass is 266 g/mol. The Bertz CT molecular complexity index is 828. The van der Waals surface area contributed by atoms with E-state index in [9.17, 15) is 4.79 Å². The molecule has 3 aromatic heterocycles. The molecule has 0 fully saturated rings. The first-order chi connectivity index (χ1) is 9.72. The quantitative estimate of drug-likeness (QED) is 0.708. The van der Waals surface area contributed by atoms with E-state index in [1.807, 2.05) is 36.1 Å². The molecule has 1 aliphatic heterocycles. The summed E-state index contributed by atoms with van der Waals surface area (Å²) < 4.78 is 2.01. The highest BCUT2D eigenvalue weighted by Gasteiger charge is 2.19. The summed E-state index contributed by atoms with van der Waals surface area (Å²) in [6, 6.07) is 4.06. The maximum Gasteiger partial charge on any atom is 0.267 e. The maximum absolute atomic E-state index is 11.8. The van der Waals surface area contributed by atoms with Gasteiger partial charge in [-0.3, -0.25) is 4.79 Å². The second-order valence-electron chi connectivity index (χ2n) is 5.17. The molecule has 4 heterocycles. The van der Waals surface area contributed by atoms with E-state index in [0.29, 0.717) is 6.54 Å². The van der Waals surface area contributed by atoms with Crippen LogP contribution in [0.2, 0.25) is 0 Å². The molecular weight excluding hydrogens is 252 g/mol. The number of aryl methyl sites for hydroxylation is 1. The third-order valence-electron chi connectivity index (χ3n) is 3.75. The van der Waals surface area contributed by atoms with Crippen LogP contribution in [-0.4, -0.2) is 27.0 Å². The van der Waals surface area contributed by atoms with Crippen LogP contribution >= 0.6 is 0 Å². The molecule has 0 aliphatic carbocycles. The summed E-state index contributed by atoms with van der Waals surface area (Å²) in [6.07, 6.45) is 5.84. The largest absolute Gasteiger partial charge is 0.349 e. The number of carbonyl (C=O) groups excluding carboxylic acids is 1. The third kappa shape index (κ3) is 1.56. The molecule has 100 valence electrons. The van der Waals surface area contributed by atoms with Crippen molar-refractivity contribution < 1.29 is 4.79 Å².